The fourth-order valence-electron chi connectivity index (χ4n) is 1.97. The van der Waals surface area contributed by atoms with Gasteiger partial charge in [0.05, 0.1) is 22.8 Å². The number of benzene rings is 2. The van der Waals surface area contributed by atoms with E-state index in [-0.39, 0.29) is 11.5 Å². The lowest BCUT2D eigenvalue weighted by Gasteiger charge is -2.00. The second-order valence-electron chi connectivity index (χ2n) is 4.16. The van der Waals surface area contributed by atoms with Gasteiger partial charge in [-0.1, -0.05) is 12.1 Å². The Morgan fingerprint density at radius 2 is 2.05 bits per heavy atom. The zero-order chi connectivity index (χ0) is 14.1. The third-order valence-corrected chi connectivity index (χ3v) is 2.91. The van der Waals surface area contributed by atoms with Crippen molar-refractivity contribution in [2.75, 3.05) is 0 Å². The lowest BCUT2D eigenvalue weighted by Crippen LogP contribution is -1.98. The third kappa shape index (κ3) is 1.89. The van der Waals surface area contributed by atoms with E-state index in [1.807, 2.05) is 6.07 Å². The van der Waals surface area contributed by atoms with Gasteiger partial charge in [0, 0.05) is 6.07 Å². The van der Waals surface area contributed by atoms with Crippen molar-refractivity contribution in [1.29, 1.82) is 5.26 Å². The highest BCUT2D eigenvalue weighted by Gasteiger charge is 2.16. The highest BCUT2D eigenvalue weighted by molar-refractivity contribution is 5.95. The number of nitriles is 1. The molecule has 0 amide bonds. The molecular weight excluding hydrogens is 256 g/mol. The van der Waals surface area contributed by atoms with E-state index in [0.717, 1.165) is 0 Å². The smallest absolute Gasteiger partial charge is 0.336 e. The first-order valence-electron chi connectivity index (χ1n) is 5.82. The van der Waals surface area contributed by atoms with Gasteiger partial charge in [-0.2, -0.15) is 5.26 Å². The van der Waals surface area contributed by atoms with E-state index < -0.39 is 5.97 Å². The van der Waals surface area contributed by atoms with Crippen LogP contribution in [0.4, 0.5) is 0 Å². The number of carboxylic acid groups (broad SMARTS) is 1. The third-order valence-electron chi connectivity index (χ3n) is 2.91. The summed E-state index contributed by atoms with van der Waals surface area (Å²) < 4.78 is 5.56. The summed E-state index contributed by atoms with van der Waals surface area (Å²) in [7, 11) is 0. The Morgan fingerprint density at radius 1 is 1.25 bits per heavy atom. The molecule has 1 heterocycles. The number of carbonyl (C=O) groups is 1. The molecule has 2 aromatic carbocycles. The molecule has 0 radical (unpaired) electrons. The standard InChI is InChI=1S/C15H8N2O3/c16-8-9-5-6-12-13(7-9)20-14(17-12)10-3-1-2-4-11(10)15(18)19/h1-7H,(H,18,19). The number of carboxylic acids is 1. The van der Waals surface area contributed by atoms with E-state index in [1.165, 1.54) is 6.07 Å². The molecule has 0 aliphatic heterocycles. The molecule has 0 fully saturated rings. The summed E-state index contributed by atoms with van der Waals surface area (Å²) in [5, 5.41) is 18.0. The fourth-order valence-corrected chi connectivity index (χ4v) is 1.97. The van der Waals surface area contributed by atoms with Crippen LogP contribution in [0.1, 0.15) is 15.9 Å². The van der Waals surface area contributed by atoms with Gasteiger partial charge in [-0.3, -0.25) is 0 Å². The highest BCUT2D eigenvalue weighted by Crippen LogP contribution is 2.27. The predicted octanol–water partition coefficient (Wildman–Crippen LogP) is 3.06. The Kier molecular flexibility index (Phi) is 2.70. The van der Waals surface area contributed by atoms with E-state index in [9.17, 15) is 9.90 Å². The minimum Gasteiger partial charge on any atom is -0.478 e. The molecule has 20 heavy (non-hydrogen) atoms. The maximum Gasteiger partial charge on any atom is 0.336 e. The van der Waals surface area contributed by atoms with Gasteiger partial charge >= 0.3 is 5.97 Å². The number of rotatable bonds is 2. The van der Waals surface area contributed by atoms with Gasteiger partial charge < -0.3 is 9.52 Å². The van der Waals surface area contributed by atoms with Crippen molar-refractivity contribution in [2.24, 2.45) is 0 Å². The normalized spacial score (nSPS) is 10.3. The first-order valence-corrected chi connectivity index (χ1v) is 5.82. The first-order chi connectivity index (χ1) is 9.69. The van der Waals surface area contributed by atoms with Crippen molar-refractivity contribution < 1.29 is 14.3 Å². The average Bonchev–Trinajstić information content (AvgIpc) is 2.89. The number of oxazole rings is 1. The number of nitrogens with zero attached hydrogens (tertiary/aromatic N) is 2. The molecule has 1 N–H and O–H groups in total. The number of fused-ring (bicyclic) bond motifs is 1. The van der Waals surface area contributed by atoms with Crippen LogP contribution < -0.4 is 0 Å². The summed E-state index contributed by atoms with van der Waals surface area (Å²) in [6, 6.07) is 13.4. The second-order valence-corrected chi connectivity index (χ2v) is 4.16. The van der Waals surface area contributed by atoms with Crippen LogP contribution in [0.3, 0.4) is 0 Å². The molecule has 3 aromatic rings. The van der Waals surface area contributed by atoms with Gasteiger partial charge in [0.1, 0.15) is 5.52 Å². The van der Waals surface area contributed by atoms with Crippen LogP contribution in [-0.2, 0) is 0 Å². The second kappa shape index (κ2) is 4.52. The van der Waals surface area contributed by atoms with Gasteiger partial charge in [-0.05, 0) is 24.3 Å². The summed E-state index contributed by atoms with van der Waals surface area (Å²) in [6.45, 7) is 0. The van der Waals surface area contributed by atoms with Crippen LogP contribution in [0.25, 0.3) is 22.6 Å². The van der Waals surface area contributed by atoms with Gasteiger partial charge in [0.25, 0.3) is 0 Å². The molecular formula is C15H8N2O3. The summed E-state index contributed by atoms with van der Waals surface area (Å²) >= 11 is 0. The quantitative estimate of drug-likeness (QED) is 0.768. The Hall–Kier alpha value is -3.13. The SMILES string of the molecule is N#Cc1ccc2nc(-c3ccccc3C(=O)O)oc2c1. The fraction of sp³-hybridized carbons (Fsp3) is 0. The molecule has 1 aromatic heterocycles. The summed E-state index contributed by atoms with van der Waals surface area (Å²) in [5.41, 5.74) is 2.04. The van der Waals surface area contributed by atoms with Gasteiger partial charge in [-0.15, -0.1) is 0 Å². The average molecular weight is 264 g/mol. The number of hydrogen-bond acceptors (Lipinski definition) is 4. The zero-order valence-electron chi connectivity index (χ0n) is 10.2. The van der Waals surface area contributed by atoms with Gasteiger partial charge in [0.15, 0.2) is 5.58 Å². The van der Waals surface area contributed by atoms with Crippen molar-refractivity contribution in [3.05, 3.63) is 53.6 Å². The number of aromatic nitrogens is 1. The van der Waals surface area contributed by atoms with Crippen LogP contribution in [0.15, 0.2) is 46.9 Å². The summed E-state index contributed by atoms with van der Waals surface area (Å²) in [4.78, 5) is 15.5. The molecule has 0 bridgehead atoms. The van der Waals surface area contributed by atoms with Gasteiger partial charge in [-0.25, -0.2) is 9.78 Å². The largest absolute Gasteiger partial charge is 0.478 e. The summed E-state index contributed by atoms with van der Waals surface area (Å²) in [6.07, 6.45) is 0. The molecule has 0 saturated carbocycles. The van der Waals surface area contributed by atoms with E-state index in [4.69, 9.17) is 9.68 Å². The first kappa shape index (κ1) is 11.9. The maximum absolute atomic E-state index is 11.2. The highest BCUT2D eigenvalue weighted by atomic mass is 16.4. The van der Waals surface area contributed by atoms with E-state index in [1.54, 1.807) is 36.4 Å². The van der Waals surface area contributed by atoms with Crippen molar-refractivity contribution in [3.8, 4) is 17.5 Å². The minimum atomic E-state index is -1.04. The Balaban J connectivity index is 2.21. The van der Waals surface area contributed by atoms with Crippen LogP contribution in [0, 0.1) is 11.3 Å². The molecule has 0 saturated heterocycles. The van der Waals surface area contributed by atoms with Crippen LogP contribution in [0.2, 0.25) is 0 Å². The molecule has 3 rings (SSSR count). The lowest BCUT2D eigenvalue weighted by molar-refractivity contribution is 0.0697. The molecule has 0 aliphatic carbocycles. The van der Waals surface area contributed by atoms with Crippen molar-refractivity contribution >= 4 is 17.1 Å². The molecule has 0 atom stereocenters. The molecule has 0 aliphatic rings. The number of aromatic carboxylic acids is 1. The predicted molar refractivity (Wildman–Crippen MR) is 71.1 cm³/mol. The van der Waals surface area contributed by atoms with E-state index in [2.05, 4.69) is 4.98 Å². The zero-order valence-corrected chi connectivity index (χ0v) is 10.2. The monoisotopic (exact) mass is 264 g/mol. The Morgan fingerprint density at radius 3 is 2.80 bits per heavy atom. The lowest BCUT2D eigenvalue weighted by atomic mass is 10.1. The summed E-state index contributed by atoms with van der Waals surface area (Å²) in [5.74, 6) is -0.811. The molecule has 0 spiro atoms. The van der Waals surface area contributed by atoms with Gasteiger partial charge in [0.2, 0.25) is 5.89 Å². The topological polar surface area (TPSA) is 87.1 Å². The maximum atomic E-state index is 11.2. The van der Waals surface area contributed by atoms with Crippen LogP contribution in [-0.4, -0.2) is 16.1 Å². The van der Waals surface area contributed by atoms with Crippen LogP contribution >= 0.6 is 0 Å². The molecule has 5 heteroatoms. The van der Waals surface area contributed by atoms with Crippen LogP contribution in [0.5, 0.6) is 0 Å². The van der Waals surface area contributed by atoms with Crippen molar-refractivity contribution in [2.45, 2.75) is 0 Å². The van der Waals surface area contributed by atoms with Crippen molar-refractivity contribution in [3.63, 3.8) is 0 Å². The van der Waals surface area contributed by atoms with E-state index in [0.29, 0.717) is 22.2 Å². The Bertz CT molecular complexity index is 859. The Labute approximate surface area is 113 Å². The molecule has 96 valence electrons. The number of hydrogen-bond donors (Lipinski definition) is 1. The minimum absolute atomic E-state index is 0.125. The van der Waals surface area contributed by atoms with Crippen molar-refractivity contribution in [1.82, 2.24) is 4.98 Å². The molecule has 0 unspecified atom stereocenters. The molecule has 5 nitrogen and oxygen atoms in total. The van der Waals surface area contributed by atoms with E-state index >= 15 is 0 Å².